The van der Waals surface area contributed by atoms with E-state index in [2.05, 4.69) is 33.8 Å². The number of hydrogen-bond donors (Lipinski definition) is 0. The third-order valence-corrected chi connectivity index (χ3v) is 6.50. The van der Waals surface area contributed by atoms with Gasteiger partial charge >= 0.3 is 0 Å². The fraction of sp³-hybridized carbons (Fsp3) is 0.400. The second-order valence-electron chi connectivity index (χ2n) is 9.67. The van der Waals surface area contributed by atoms with Crippen molar-refractivity contribution in [3.63, 3.8) is 0 Å². The van der Waals surface area contributed by atoms with Crippen LogP contribution in [0.5, 0.6) is 11.5 Å². The zero-order chi connectivity index (χ0) is 25.4. The highest BCUT2D eigenvalue weighted by atomic mass is 35.5. The molecular weight excluding hydrogens is 482 g/mol. The molecule has 3 aromatic rings. The summed E-state index contributed by atoms with van der Waals surface area (Å²) in [6.45, 7) is 9.89. The minimum atomic E-state index is -0.275. The summed E-state index contributed by atoms with van der Waals surface area (Å²) in [6.07, 6.45) is 1.88. The van der Waals surface area contributed by atoms with Crippen molar-refractivity contribution in [1.82, 2.24) is 0 Å². The van der Waals surface area contributed by atoms with Crippen LogP contribution in [0.15, 0.2) is 54.6 Å². The fourth-order valence-electron chi connectivity index (χ4n) is 3.76. The van der Waals surface area contributed by atoms with E-state index >= 15 is 0 Å². The third kappa shape index (κ3) is 7.62. The standard InChI is InChI=1S/C30H35Cl2FO2/c1-20(2)11-13-34-29-16-27(23-7-9-25(33)10-8-23)28(17-30(29)35-14-12-21(3)4)26-15-22(18-31)5-6-24(26)19-32/h5-10,15-17,20-21H,11-14,18-19H2,1-4H3. The Morgan fingerprint density at radius 1 is 0.686 bits per heavy atom. The zero-order valence-electron chi connectivity index (χ0n) is 21.0. The highest BCUT2D eigenvalue weighted by Crippen LogP contribution is 2.43. The van der Waals surface area contributed by atoms with E-state index in [0.717, 1.165) is 46.2 Å². The first-order valence-electron chi connectivity index (χ1n) is 12.3. The van der Waals surface area contributed by atoms with Crippen molar-refractivity contribution in [2.24, 2.45) is 11.8 Å². The van der Waals surface area contributed by atoms with Crippen LogP contribution in [-0.4, -0.2) is 13.2 Å². The zero-order valence-corrected chi connectivity index (χ0v) is 22.6. The predicted octanol–water partition coefficient (Wildman–Crippen LogP) is 9.49. The Balaban J connectivity index is 2.19. The molecule has 188 valence electrons. The van der Waals surface area contributed by atoms with Crippen LogP contribution in [-0.2, 0) is 11.8 Å². The van der Waals surface area contributed by atoms with Gasteiger partial charge in [-0.25, -0.2) is 4.39 Å². The van der Waals surface area contributed by atoms with Gasteiger partial charge < -0.3 is 9.47 Å². The number of hydrogen-bond acceptors (Lipinski definition) is 2. The first kappa shape index (κ1) is 27.4. The molecule has 0 aliphatic carbocycles. The van der Waals surface area contributed by atoms with Crippen molar-refractivity contribution in [1.29, 1.82) is 0 Å². The second kappa shape index (κ2) is 13.2. The number of rotatable bonds is 12. The van der Waals surface area contributed by atoms with E-state index in [1.165, 1.54) is 12.1 Å². The van der Waals surface area contributed by atoms with Crippen molar-refractivity contribution in [2.45, 2.75) is 52.3 Å². The van der Waals surface area contributed by atoms with Crippen molar-refractivity contribution in [3.8, 4) is 33.8 Å². The molecular formula is C30H35Cl2FO2. The first-order valence-corrected chi connectivity index (χ1v) is 13.3. The van der Waals surface area contributed by atoms with Crippen LogP contribution in [0.25, 0.3) is 22.3 Å². The van der Waals surface area contributed by atoms with Crippen LogP contribution in [0.1, 0.15) is 51.7 Å². The minimum absolute atomic E-state index is 0.275. The maximum atomic E-state index is 13.8. The van der Waals surface area contributed by atoms with E-state index in [9.17, 15) is 4.39 Å². The van der Waals surface area contributed by atoms with Crippen molar-refractivity contribution < 1.29 is 13.9 Å². The molecule has 0 saturated carbocycles. The molecule has 0 spiro atoms. The van der Waals surface area contributed by atoms with Crippen LogP contribution in [0.2, 0.25) is 0 Å². The fourth-order valence-corrected chi connectivity index (χ4v) is 4.16. The summed E-state index contributed by atoms with van der Waals surface area (Å²) in [7, 11) is 0. The molecule has 0 heterocycles. The summed E-state index contributed by atoms with van der Waals surface area (Å²) in [5, 5.41) is 0. The molecule has 3 aromatic carbocycles. The molecule has 0 radical (unpaired) electrons. The summed E-state index contributed by atoms with van der Waals surface area (Å²) in [4.78, 5) is 0. The van der Waals surface area contributed by atoms with E-state index in [1.54, 1.807) is 12.1 Å². The Labute approximate surface area is 219 Å². The van der Waals surface area contributed by atoms with Gasteiger partial charge in [-0.2, -0.15) is 0 Å². The number of ether oxygens (including phenoxy) is 2. The topological polar surface area (TPSA) is 18.5 Å². The second-order valence-corrected chi connectivity index (χ2v) is 10.2. The summed E-state index contributed by atoms with van der Waals surface area (Å²) >= 11 is 12.5. The van der Waals surface area contributed by atoms with Gasteiger partial charge in [0.2, 0.25) is 0 Å². The lowest BCUT2D eigenvalue weighted by Gasteiger charge is -2.20. The van der Waals surface area contributed by atoms with Gasteiger partial charge in [0, 0.05) is 11.8 Å². The molecule has 0 aliphatic rings. The molecule has 2 nitrogen and oxygen atoms in total. The van der Waals surface area contributed by atoms with Gasteiger partial charge in [-0.1, -0.05) is 52.0 Å². The quantitative estimate of drug-likeness (QED) is 0.223. The van der Waals surface area contributed by atoms with Crippen LogP contribution in [0.3, 0.4) is 0 Å². The molecule has 0 N–H and O–H groups in total. The van der Waals surface area contributed by atoms with E-state index < -0.39 is 0 Å². The van der Waals surface area contributed by atoms with Gasteiger partial charge in [-0.3, -0.25) is 0 Å². The predicted molar refractivity (Wildman–Crippen MR) is 146 cm³/mol. The maximum Gasteiger partial charge on any atom is 0.161 e. The number of benzene rings is 3. The summed E-state index contributed by atoms with van der Waals surface area (Å²) in [5.41, 5.74) is 5.75. The molecule has 0 atom stereocenters. The lowest BCUT2D eigenvalue weighted by atomic mass is 9.90. The highest BCUT2D eigenvalue weighted by Gasteiger charge is 2.18. The van der Waals surface area contributed by atoms with Gasteiger partial charge in [0.1, 0.15) is 5.82 Å². The van der Waals surface area contributed by atoms with Gasteiger partial charge in [0.05, 0.1) is 13.2 Å². The third-order valence-electron chi connectivity index (χ3n) is 5.91. The lowest BCUT2D eigenvalue weighted by molar-refractivity contribution is 0.247. The Morgan fingerprint density at radius 3 is 1.77 bits per heavy atom. The average Bonchev–Trinajstić information content (AvgIpc) is 2.84. The van der Waals surface area contributed by atoms with Crippen LogP contribution < -0.4 is 9.47 Å². The molecule has 0 aliphatic heterocycles. The molecule has 0 bridgehead atoms. The molecule has 0 saturated heterocycles. The van der Waals surface area contributed by atoms with Gasteiger partial charge in [-0.15, -0.1) is 23.2 Å². The monoisotopic (exact) mass is 516 g/mol. The van der Waals surface area contributed by atoms with E-state index in [4.69, 9.17) is 32.7 Å². The molecule has 0 unspecified atom stereocenters. The van der Waals surface area contributed by atoms with Gasteiger partial charge in [0.25, 0.3) is 0 Å². The Bertz CT molecular complexity index is 1090. The van der Waals surface area contributed by atoms with Gasteiger partial charge in [0.15, 0.2) is 11.5 Å². The van der Waals surface area contributed by atoms with Crippen molar-refractivity contribution >= 4 is 23.2 Å². The smallest absolute Gasteiger partial charge is 0.161 e. The maximum absolute atomic E-state index is 13.8. The first-order chi connectivity index (χ1) is 16.8. The minimum Gasteiger partial charge on any atom is -0.490 e. The Kier molecular flexibility index (Phi) is 10.3. The van der Waals surface area contributed by atoms with E-state index in [1.807, 2.05) is 24.3 Å². The summed E-state index contributed by atoms with van der Waals surface area (Å²) < 4.78 is 26.3. The Hall–Kier alpha value is -2.23. The van der Waals surface area contributed by atoms with E-state index in [-0.39, 0.29) is 5.82 Å². The van der Waals surface area contributed by atoms with Crippen LogP contribution in [0.4, 0.5) is 4.39 Å². The molecule has 5 heteroatoms. The highest BCUT2D eigenvalue weighted by molar-refractivity contribution is 6.18. The largest absolute Gasteiger partial charge is 0.490 e. The average molecular weight is 518 g/mol. The van der Waals surface area contributed by atoms with Crippen molar-refractivity contribution in [2.75, 3.05) is 13.2 Å². The van der Waals surface area contributed by atoms with Gasteiger partial charge in [-0.05, 0) is 88.4 Å². The number of halogens is 3. The molecule has 0 aromatic heterocycles. The molecule has 3 rings (SSSR count). The summed E-state index contributed by atoms with van der Waals surface area (Å²) in [5.74, 6) is 2.93. The Morgan fingerprint density at radius 2 is 1.26 bits per heavy atom. The van der Waals surface area contributed by atoms with E-state index in [0.29, 0.717) is 48.3 Å². The van der Waals surface area contributed by atoms with Crippen LogP contribution >= 0.6 is 23.2 Å². The molecule has 35 heavy (non-hydrogen) atoms. The SMILES string of the molecule is CC(C)CCOc1cc(-c2ccc(F)cc2)c(-c2cc(CCl)ccc2CCl)cc1OCCC(C)C. The summed E-state index contributed by atoms with van der Waals surface area (Å²) in [6, 6.07) is 16.7. The number of alkyl halides is 2. The van der Waals surface area contributed by atoms with Crippen molar-refractivity contribution in [3.05, 3.63) is 71.5 Å². The molecule has 0 amide bonds. The lowest BCUT2D eigenvalue weighted by Crippen LogP contribution is -2.06. The normalized spacial score (nSPS) is 11.3. The molecule has 0 fully saturated rings. The van der Waals surface area contributed by atoms with Crippen LogP contribution in [0, 0.1) is 17.7 Å².